The first-order valence-electron chi connectivity index (χ1n) is 15.1. The van der Waals surface area contributed by atoms with Gasteiger partial charge in [0.2, 0.25) is 5.88 Å². The second-order valence-corrected chi connectivity index (χ2v) is 13.1. The van der Waals surface area contributed by atoms with E-state index in [0.29, 0.717) is 17.2 Å². The van der Waals surface area contributed by atoms with Crippen LogP contribution in [0.5, 0.6) is 11.6 Å². The normalized spacial score (nSPS) is 21.5. The van der Waals surface area contributed by atoms with Gasteiger partial charge in [-0.25, -0.2) is 4.98 Å². The van der Waals surface area contributed by atoms with E-state index in [1.54, 1.807) is 7.11 Å². The Morgan fingerprint density at radius 2 is 1.98 bits per heavy atom. The number of ether oxygens (including phenoxy) is 2. The summed E-state index contributed by atoms with van der Waals surface area (Å²) in [5.41, 5.74) is 7.44. The van der Waals surface area contributed by atoms with Gasteiger partial charge in [-0.05, 0) is 101 Å². The van der Waals surface area contributed by atoms with Crippen LogP contribution in [0.1, 0.15) is 80.7 Å². The lowest BCUT2D eigenvalue weighted by atomic mass is 9.82. The fourth-order valence-corrected chi connectivity index (χ4v) is 6.92. The number of carboxylic acid groups (broad SMARTS) is 1. The third-order valence-electron chi connectivity index (χ3n) is 9.39. The van der Waals surface area contributed by atoms with E-state index in [9.17, 15) is 9.90 Å². The van der Waals surface area contributed by atoms with Crippen molar-refractivity contribution in [2.45, 2.75) is 71.4 Å². The van der Waals surface area contributed by atoms with Crippen molar-refractivity contribution in [3.05, 3.63) is 77.0 Å². The molecule has 2 fully saturated rings. The summed E-state index contributed by atoms with van der Waals surface area (Å²) in [4.78, 5) is 18.8. The smallest absolute Gasteiger partial charge is 0.306 e. The molecule has 216 valence electrons. The summed E-state index contributed by atoms with van der Waals surface area (Å²) in [6.45, 7) is 9.63. The number of aliphatic carboxylic acids is 1. The third-order valence-corrected chi connectivity index (χ3v) is 9.39. The molecule has 6 rings (SSSR count). The van der Waals surface area contributed by atoms with Gasteiger partial charge < -0.3 is 14.6 Å². The first-order valence-corrected chi connectivity index (χ1v) is 15.1. The molecule has 2 aliphatic heterocycles. The highest BCUT2D eigenvalue weighted by atomic mass is 16.5. The molecule has 0 amide bonds. The third kappa shape index (κ3) is 5.99. The van der Waals surface area contributed by atoms with E-state index in [-0.39, 0.29) is 12.0 Å². The highest BCUT2D eigenvalue weighted by molar-refractivity contribution is 5.71. The van der Waals surface area contributed by atoms with E-state index in [2.05, 4.69) is 66.2 Å². The van der Waals surface area contributed by atoms with Gasteiger partial charge in [0, 0.05) is 25.4 Å². The Balaban J connectivity index is 1.30. The predicted octanol–water partition coefficient (Wildman–Crippen LogP) is 7.27. The molecule has 6 nitrogen and oxygen atoms in total. The summed E-state index contributed by atoms with van der Waals surface area (Å²) < 4.78 is 12.1. The number of aromatic nitrogens is 1. The molecular weight excluding hydrogens is 512 g/mol. The Bertz CT molecular complexity index is 1430. The molecule has 1 aromatic heterocycles. The SMILES string of the molecule is COc1cc(-c2ccc(C3CCc4ccc([C@H](C5CC5)[C@H](C)C(=O)O)cc4O3)cc2CN2CCC(C)(C)C2)ccn1. The molecule has 3 heterocycles. The zero-order valence-corrected chi connectivity index (χ0v) is 24.7. The molecule has 1 saturated carbocycles. The summed E-state index contributed by atoms with van der Waals surface area (Å²) in [7, 11) is 1.65. The summed E-state index contributed by atoms with van der Waals surface area (Å²) in [6.07, 6.45) is 7.06. The van der Waals surface area contributed by atoms with E-state index in [1.807, 2.05) is 19.2 Å². The number of rotatable bonds is 9. The number of carbonyl (C=O) groups is 1. The highest BCUT2D eigenvalue weighted by Crippen LogP contribution is 2.48. The van der Waals surface area contributed by atoms with Crippen molar-refractivity contribution >= 4 is 5.97 Å². The van der Waals surface area contributed by atoms with Crippen molar-refractivity contribution in [3.8, 4) is 22.8 Å². The average molecular weight is 555 g/mol. The van der Waals surface area contributed by atoms with Gasteiger partial charge in [-0.1, -0.05) is 51.1 Å². The Morgan fingerprint density at radius 3 is 2.68 bits per heavy atom. The van der Waals surface area contributed by atoms with Crippen molar-refractivity contribution in [2.75, 3.05) is 20.2 Å². The van der Waals surface area contributed by atoms with Gasteiger partial charge in [-0.15, -0.1) is 0 Å². The number of carboxylic acids is 1. The molecule has 3 aliphatic rings. The Hall–Kier alpha value is -3.38. The largest absolute Gasteiger partial charge is 0.485 e. The van der Waals surface area contributed by atoms with Crippen LogP contribution >= 0.6 is 0 Å². The average Bonchev–Trinajstić information content (AvgIpc) is 3.74. The maximum atomic E-state index is 11.9. The fourth-order valence-electron chi connectivity index (χ4n) is 6.92. The Labute approximate surface area is 243 Å². The first kappa shape index (κ1) is 27.8. The predicted molar refractivity (Wildman–Crippen MR) is 160 cm³/mol. The van der Waals surface area contributed by atoms with E-state index < -0.39 is 11.9 Å². The van der Waals surface area contributed by atoms with E-state index in [0.717, 1.165) is 62.2 Å². The molecule has 1 saturated heterocycles. The molecule has 41 heavy (non-hydrogen) atoms. The fraction of sp³-hybridized carbons (Fsp3) is 0.486. The van der Waals surface area contributed by atoms with Crippen molar-refractivity contribution in [3.63, 3.8) is 0 Å². The molecule has 2 aromatic carbocycles. The van der Waals surface area contributed by atoms with Crippen LogP contribution < -0.4 is 9.47 Å². The van der Waals surface area contributed by atoms with Gasteiger partial charge in [-0.3, -0.25) is 9.69 Å². The lowest BCUT2D eigenvalue weighted by molar-refractivity contribution is -0.142. The zero-order valence-electron chi connectivity index (χ0n) is 24.7. The lowest BCUT2D eigenvalue weighted by Gasteiger charge is -2.29. The second kappa shape index (κ2) is 11.1. The van der Waals surface area contributed by atoms with Crippen molar-refractivity contribution in [2.24, 2.45) is 17.3 Å². The number of hydrogen-bond acceptors (Lipinski definition) is 5. The van der Waals surface area contributed by atoms with Crippen LogP contribution in [0.4, 0.5) is 0 Å². The molecule has 3 aromatic rings. The quantitative estimate of drug-likeness (QED) is 0.300. The molecule has 0 bridgehead atoms. The second-order valence-electron chi connectivity index (χ2n) is 13.1. The number of nitrogens with zero attached hydrogens (tertiary/aromatic N) is 2. The molecular formula is C35H42N2O4. The molecule has 0 radical (unpaired) electrons. The summed E-state index contributed by atoms with van der Waals surface area (Å²) >= 11 is 0. The van der Waals surface area contributed by atoms with Crippen LogP contribution in [0.15, 0.2) is 54.7 Å². The Morgan fingerprint density at radius 1 is 1.15 bits per heavy atom. The molecule has 6 heteroatoms. The van der Waals surface area contributed by atoms with Crippen LogP contribution in [0, 0.1) is 17.3 Å². The maximum absolute atomic E-state index is 11.9. The molecule has 1 unspecified atom stereocenters. The number of pyridine rings is 1. The number of likely N-dealkylation sites (tertiary alicyclic amines) is 1. The van der Waals surface area contributed by atoms with E-state index in [1.165, 1.54) is 28.7 Å². The number of aryl methyl sites for hydroxylation is 1. The van der Waals surface area contributed by atoms with Gasteiger partial charge in [0.25, 0.3) is 0 Å². The number of benzene rings is 2. The van der Waals surface area contributed by atoms with Crippen LogP contribution in [-0.4, -0.2) is 41.2 Å². The van der Waals surface area contributed by atoms with Gasteiger partial charge in [0.1, 0.15) is 11.9 Å². The molecule has 1 aliphatic carbocycles. The van der Waals surface area contributed by atoms with Crippen LogP contribution in [0.3, 0.4) is 0 Å². The molecule has 3 atom stereocenters. The van der Waals surface area contributed by atoms with E-state index in [4.69, 9.17) is 9.47 Å². The minimum atomic E-state index is -0.723. The number of methoxy groups -OCH3 is 1. The van der Waals surface area contributed by atoms with Crippen LogP contribution in [0.2, 0.25) is 0 Å². The summed E-state index contributed by atoms with van der Waals surface area (Å²) in [5.74, 6) is 0.889. The van der Waals surface area contributed by atoms with Crippen molar-refractivity contribution < 1.29 is 19.4 Å². The minimum Gasteiger partial charge on any atom is -0.485 e. The summed E-state index contributed by atoms with van der Waals surface area (Å²) in [5, 5.41) is 9.77. The monoisotopic (exact) mass is 554 g/mol. The molecule has 1 N–H and O–H groups in total. The topological polar surface area (TPSA) is 71.9 Å². The van der Waals surface area contributed by atoms with Crippen molar-refractivity contribution in [1.29, 1.82) is 0 Å². The maximum Gasteiger partial charge on any atom is 0.306 e. The van der Waals surface area contributed by atoms with Gasteiger partial charge in [0.15, 0.2) is 0 Å². The number of fused-ring (bicyclic) bond motifs is 1. The molecule has 0 spiro atoms. The van der Waals surface area contributed by atoms with Gasteiger partial charge >= 0.3 is 5.97 Å². The first-order chi connectivity index (χ1) is 19.7. The van der Waals surface area contributed by atoms with E-state index >= 15 is 0 Å². The minimum absolute atomic E-state index is 0.0368. The highest BCUT2D eigenvalue weighted by Gasteiger charge is 2.39. The zero-order chi connectivity index (χ0) is 28.7. The van der Waals surface area contributed by atoms with Crippen LogP contribution in [0.25, 0.3) is 11.1 Å². The van der Waals surface area contributed by atoms with Crippen LogP contribution in [-0.2, 0) is 17.8 Å². The van der Waals surface area contributed by atoms with Gasteiger partial charge in [0.05, 0.1) is 13.0 Å². The Kier molecular flexibility index (Phi) is 7.54. The number of hydrogen-bond donors (Lipinski definition) is 1. The lowest BCUT2D eigenvalue weighted by Crippen LogP contribution is -2.23. The van der Waals surface area contributed by atoms with Gasteiger partial charge in [-0.2, -0.15) is 0 Å². The van der Waals surface area contributed by atoms with Crippen molar-refractivity contribution in [1.82, 2.24) is 9.88 Å². The summed E-state index contributed by atoms with van der Waals surface area (Å²) in [6, 6.07) is 17.3. The standard InChI is InChI=1S/C35H42N2O4/c1-22(34(38)39)33(24-6-7-24)27-8-5-23-10-12-30(41-31(23)18-27)26-9-11-29(25-13-15-36-32(19-25)40-4)28(17-26)20-37-16-14-35(2,3)21-37/h5,8-9,11,13,15,17-19,22,24,30,33H,6-7,10,12,14,16,20-21H2,1-4H3,(H,38,39)/t22-,30?,33-/m0/s1.